The SMILES string of the molecule is C=C[Si]12O[Si](c3ccccc3)O[Si]3(c4ccccc4)O[Si]4(c5ccccc5)O[Si](C)CO[Si](c5ccccc5)(O1)O[Si](c1ccccc1)(O4)O[Si](c1ccccc1)(O2)O3. The van der Waals surface area contributed by atoms with Gasteiger partial charge in [-0.25, -0.2) is 0 Å². The third kappa shape index (κ3) is 7.15. The highest BCUT2D eigenvalue weighted by atomic mass is 28.6. The summed E-state index contributed by atoms with van der Waals surface area (Å²) in [6, 6.07) is 58.0. The van der Waals surface area contributed by atoms with Gasteiger partial charge in [0.05, 0.1) is 6.23 Å². The monoisotopic (exact) mass is 918 g/mol. The summed E-state index contributed by atoms with van der Waals surface area (Å²) in [5.41, 5.74) is 1.61. The van der Waals surface area contributed by atoms with E-state index in [4.69, 9.17) is 45.6 Å². The van der Waals surface area contributed by atoms with Gasteiger partial charge in [-0.3, -0.25) is 0 Å². The normalized spacial score (nSPS) is 32.4. The van der Waals surface area contributed by atoms with Crippen molar-refractivity contribution in [2.24, 2.45) is 0 Å². The van der Waals surface area contributed by atoms with Crippen LogP contribution in [0.1, 0.15) is 0 Å². The van der Waals surface area contributed by atoms with Gasteiger partial charge in [-0.2, -0.15) is 0 Å². The van der Waals surface area contributed by atoms with Crippen molar-refractivity contribution in [2.45, 2.75) is 6.55 Å². The van der Waals surface area contributed by atoms with Crippen molar-refractivity contribution in [1.29, 1.82) is 0 Å². The van der Waals surface area contributed by atoms with E-state index in [1.807, 2.05) is 189 Å². The Morgan fingerprint density at radius 3 is 1.22 bits per heavy atom. The first-order valence-corrected chi connectivity index (χ1v) is 32.9. The molecule has 0 amide bonds. The van der Waals surface area contributed by atoms with Crippen molar-refractivity contribution in [3.05, 3.63) is 194 Å². The lowest BCUT2D eigenvalue weighted by molar-refractivity contribution is 0.0486. The van der Waals surface area contributed by atoms with E-state index >= 15 is 0 Å². The molecule has 6 aromatic carbocycles. The van der Waals surface area contributed by atoms with Gasteiger partial charge in [0.25, 0.3) is 0 Å². The molecule has 4 aliphatic rings. The molecule has 0 saturated carbocycles. The summed E-state index contributed by atoms with van der Waals surface area (Å²) < 4.78 is 84.1. The molecular weight excluding hydrogens is 881 g/mol. The van der Waals surface area contributed by atoms with E-state index in [0.717, 1.165) is 5.19 Å². The maximum absolute atomic E-state index is 7.88. The molecule has 59 heavy (non-hydrogen) atoms. The molecule has 6 bridgehead atoms. The number of fused-ring (bicyclic) bond motifs is 4. The van der Waals surface area contributed by atoms with Crippen LogP contribution in [0, 0.1) is 0 Å². The summed E-state index contributed by atoms with van der Waals surface area (Å²) in [4.78, 5) is 0. The summed E-state index contributed by atoms with van der Waals surface area (Å²) in [5, 5.41) is 3.95. The zero-order valence-corrected chi connectivity index (χ0v) is 39.8. The average molecular weight is 919 g/mol. The third-order valence-electron chi connectivity index (χ3n) is 10.0. The van der Waals surface area contributed by atoms with E-state index in [2.05, 4.69) is 6.58 Å². The first-order chi connectivity index (χ1) is 28.8. The minimum Gasteiger partial charge on any atom is -0.410 e. The molecule has 4 aliphatic heterocycles. The van der Waals surface area contributed by atoms with Crippen molar-refractivity contribution < 1.29 is 45.6 Å². The lowest BCUT2D eigenvalue weighted by Gasteiger charge is -2.55. The van der Waals surface area contributed by atoms with Gasteiger partial charge in [-0.15, -0.1) is 6.58 Å². The molecule has 19 heteroatoms. The van der Waals surface area contributed by atoms with Crippen LogP contribution in [0.4, 0.5) is 0 Å². The van der Waals surface area contributed by atoms with Gasteiger partial charge in [0.2, 0.25) is 9.04 Å². The summed E-state index contributed by atoms with van der Waals surface area (Å²) in [7, 11) is -31.2. The number of hydrogen-bond donors (Lipinski definition) is 0. The van der Waals surface area contributed by atoms with Gasteiger partial charge in [0.1, 0.15) is 0 Å². The molecule has 10 rings (SSSR count). The highest BCUT2D eigenvalue weighted by Gasteiger charge is 2.78. The van der Waals surface area contributed by atoms with E-state index in [0.29, 0.717) is 25.9 Å². The van der Waals surface area contributed by atoms with Crippen molar-refractivity contribution in [3.63, 3.8) is 0 Å². The molecule has 6 unspecified atom stereocenters. The van der Waals surface area contributed by atoms with Crippen LogP contribution in [0.15, 0.2) is 194 Å². The van der Waals surface area contributed by atoms with Crippen LogP contribution in [-0.2, 0) is 45.6 Å². The Labute approximate surface area is 353 Å². The zero-order valence-electron chi connectivity index (χ0n) is 31.8. The lowest BCUT2D eigenvalue weighted by Crippen LogP contribution is -2.88. The Balaban J connectivity index is 1.37. The lowest BCUT2D eigenvalue weighted by atomic mass is 10.4. The molecular formula is C40H38O11Si8. The van der Waals surface area contributed by atoms with Crippen LogP contribution >= 0.6 is 0 Å². The molecule has 0 aliphatic carbocycles. The van der Waals surface area contributed by atoms with E-state index in [-0.39, 0.29) is 6.23 Å². The Morgan fingerprint density at radius 2 is 0.746 bits per heavy atom. The maximum atomic E-state index is 7.88. The van der Waals surface area contributed by atoms with Crippen LogP contribution < -0.4 is 31.1 Å². The van der Waals surface area contributed by atoms with Gasteiger partial charge in [-0.05, 0) is 17.4 Å². The molecule has 2 radical (unpaired) electrons. The highest BCUT2D eigenvalue weighted by Crippen LogP contribution is 2.42. The molecule has 11 nitrogen and oxygen atoms in total. The smallest absolute Gasteiger partial charge is 0.410 e. The van der Waals surface area contributed by atoms with Gasteiger partial charge >= 0.3 is 62.1 Å². The number of rotatable bonds is 7. The van der Waals surface area contributed by atoms with Gasteiger partial charge in [0, 0.05) is 25.9 Å². The fourth-order valence-electron chi connectivity index (χ4n) is 7.32. The van der Waals surface area contributed by atoms with E-state index in [1.165, 1.54) is 0 Å². The molecule has 6 atom stereocenters. The second-order valence-corrected chi connectivity index (χ2v) is 35.4. The Bertz CT molecular complexity index is 2410. The summed E-state index contributed by atoms with van der Waals surface area (Å²) in [5.74, 6) is 0. The fraction of sp³-hybridized carbons (Fsp3) is 0.0500. The second-order valence-electron chi connectivity index (χ2n) is 14.1. The largest absolute Gasteiger partial charge is 0.522 e. The van der Waals surface area contributed by atoms with Gasteiger partial charge < -0.3 is 45.6 Å². The fourth-order valence-corrected chi connectivity index (χ4v) is 44.9. The highest BCUT2D eigenvalue weighted by molar-refractivity contribution is 7.08. The van der Waals surface area contributed by atoms with Gasteiger partial charge in [0.15, 0.2) is 0 Å². The van der Waals surface area contributed by atoms with E-state index in [1.54, 1.807) is 5.70 Å². The topological polar surface area (TPSA) is 102 Å². The van der Waals surface area contributed by atoms with Crippen LogP contribution in [0.3, 0.4) is 0 Å². The van der Waals surface area contributed by atoms with Crippen LogP contribution in [0.25, 0.3) is 0 Å². The molecule has 6 aromatic rings. The van der Waals surface area contributed by atoms with Crippen molar-refractivity contribution in [2.75, 3.05) is 6.23 Å². The average Bonchev–Trinajstić information content (AvgIpc) is 3.33. The minimum absolute atomic E-state index is 0.125. The Kier molecular flexibility index (Phi) is 10.5. The van der Waals surface area contributed by atoms with E-state index < -0.39 is 71.2 Å². The minimum atomic E-state index is -4.55. The van der Waals surface area contributed by atoms with E-state index in [9.17, 15) is 0 Å². The van der Waals surface area contributed by atoms with Crippen LogP contribution in [0.2, 0.25) is 6.55 Å². The maximum Gasteiger partial charge on any atom is 0.522 e. The molecule has 296 valence electrons. The molecule has 0 aromatic heterocycles. The van der Waals surface area contributed by atoms with Crippen LogP contribution in [-0.4, -0.2) is 77.4 Å². The molecule has 4 saturated heterocycles. The molecule has 0 spiro atoms. The molecule has 0 N–H and O–H groups in total. The number of hydrogen-bond acceptors (Lipinski definition) is 11. The second kappa shape index (κ2) is 15.7. The predicted octanol–water partition coefficient (Wildman–Crippen LogP) is 2.67. The summed E-state index contributed by atoms with van der Waals surface area (Å²) >= 11 is 0. The Morgan fingerprint density at radius 1 is 0.407 bits per heavy atom. The van der Waals surface area contributed by atoms with Crippen molar-refractivity contribution in [1.82, 2.24) is 0 Å². The first kappa shape index (κ1) is 39.5. The van der Waals surface area contributed by atoms with Crippen LogP contribution in [0.5, 0.6) is 0 Å². The first-order valence-electron chi connectivity index (χ1n) is 19.1. The summed E-state index contributed by atoms with van der Waals surface area (Å²) in [6.07, 6.45) is 0.125. The predicted molar refractivity (Wildman–Crippen MR) is 235 cm³/mol. The van der Waals surface area contributed by atoms with Gasteiger partial charge in [-0.1, -0.05) is 182 Å². The third-order valence-corrected chi connectivity index (χ3v) is 39.2. The number of benzene rings is 6. The quantitative estimate of drug-likeness (QED) is 0.221. The standard InChI is InChI=1S/C40H38O11Si8/c1-3-54-43-53(35-22-10-4-11-23-35)44-57(38-28-16-7-17-29-38)48-56(37-26-14-6-15-27-37)42-52(2)34-41-55(45-54,36-24-12-5-13-25-36)47-59(49-56,40-32-20-9-21-33-40)51-58(46-54,50-57)39-30-18-8-19-31-39/h3-33H,1,34H2,2H3. The molecule has 4 fully saturated rings. The zero-order chi connectivity index (χ0) is 40.0. The van der Waals surface area contributed by atoms with Crippen molar-refractivity contribution in [3.8, 4) is 0 Å². The Hall–Kier alpha value is -3.64. The molecule has 4 heterocycles. The summed E-state index contributed by atoms with van der Waals surface area (Å²) in [6.45, 7) is 6.37. The van der Waals surface area contributed by atoms with Crippen molar-refractivity contribution >= 4 is 102 Å².